The molecule has 0 saturated carbocycles. The minimum Gasteiger partial charge on any atom is -0.384 e. The van der Waals surface area contributed by atoms with Crippen LogP contribution < -0.4 is 11.1 Å². The number of rotatable bonds is 6. The summed E-state index contributed by atoms with van der Waals surface area (Å²) in [6.07, 6.45) is 2.36. The fourth-order valence-electron chi connectivity index (χ4n) is 1.49. The highest BCUT2D eigenvalue weighted by Crippen LogP contribution is 2.16. The number of nitrogens with one attached hydrogen (secondary N) is 1. The third-order valence-electron chi connectivity index (χ3n) is 2.82. The number of benzene rings is 1. The van der Waals surface area contributed by atoms with Crippen LogP contribution in [0.4, 0.5) is 5.69 Å². The van der Waals surface area contributed by atoms with E-state index in [0.29, 0.717) is 6.54 Å². The predicted molar refractivity (Wildman–Crippen MR) is 71.8 cm³/mol. The van der Waals surface area contributed by atoms with Crippen molar-refractivity contribution < 1.29 is 0 Å². The van der Waals surface area contributed by atoms with Gasteiger partial charge in [0.1, 0.15) is 0 Å². The Morgan fingerprint density at radius 3 is 2.31 bits per heavy atom. The summed E-state index contributed by atoms with van der Waals surface area (Å²) in [7, 11) is 0. The molecule has 16 heavy (non-hydrogen) atoms. The van der Waals surface area contributed by atoms with E-state index in [1.54, 1.807) is 0 Å². The van der Waals surface area contributed by atoms with E-state index in [4.69, 9.17) is 5.73 Å². The van der Waals surface area contributed by atoms with Crippen molar-refractivity contribution in [3.8, 4) is 0 Å². The summed E-state index contributed by atoms with van der Waals surface area (Å²) in [6.45, 7) is 8.16. The molecule has 1 aromatic rings. The number of hydrogen-bond acceptors (Lipinski definition) is 2. The molecule has 0 unspecified atom stereocenters. The first-order chi connectivity index (χ1) is 7.57. The Morgan fingerprint density at radius 1 is 1.19 bits per heavy atom. The fourth-order valence-corrected chi connectivity index (χ4v) is 1.49. The van der Waals surface area contributed by atoms with E-state index >= 15 is 0 Å². The van der Waals surface area contributed by atoms with Crippen molar-refractivity contribution in [3.05, 3.63) is 29.8 Å². The van der Waals surface area contributed by atoms with Gasteiger partial charge in [-0.1, -0.05) is 39.3 Å². The van der Waals surface area contributed by atoms with E-state index in [0.717, 1.165) is 13.0 Å². The number of anilines is 1. The van der Waals surface area contributed by atoms with E-state index in [-0.39, 0.29) is 5.41 Å². The standard InChI is InChI=1S/C14H24N2/c1-4-5-12-6-8-13(9-7-12)16-11-14(2,3)10-15/h6-9,16H,4-5,10-11,15H2,1-3H3. The molecule has 0 saturated heterocycles. The Kier molecular flexibility index (Phi) is 4.81. The van der Waals surface area contributed by atoms with Gasteiger partial charge in [-0.25, -0.2) is 0 Å². The molecule has 2 heteroatoms. The number of aryl methyl sites for hydroxylation is 1. The van der Waals surface area contributed by atoms with Gasteiger partial charge in [0.2, 0.25) is 0 Å². The van der Waals surface area contributed by atoms with Crippen LogP contribution in [0.3, 0.4) is 0 Å². The molecule has 1 aromatic carbocycles. The Balaban J connectivity index is 2.49. The van der Waals surface area contributed by atoms with E-state index < -0.39 is 0 Å². The highest BCUT2D eigenvalue weighted by molar-refractivity contribution is 5.44. The van der Waals surface area contributed by atoms with Gasteiger partial charge in [-0.2, -0.15) is 0 Å². The van der Waals surface area contributed by atoms with Gasteiger partial charge in [-0.15, -0.1) is 0 Å². The Morgan fingerprint density at radius 2 is 1.81 bits per heavy atom. The summed E-state index contributed by atoms with van der Waals surface area (Å²) in [5, 5.41) is 3.43. The van der Waals surface area contributed by atoms with Crippen molar-refractivity contribution in [1.29, 1.82) is 0 Å². The highest BCUT2D eigenvalue weighted by Gasteiger charge is 2.14. The lowest BCUT2D eigenvalue weighted by molar-refractivity contribution is 0.405. The molecular formula is C14H24N2. The first-order valence-corrected chi connectivity index (χ1v) is 6.10. The first-order valence-electron chi connectivity index (χ1n) is 6.10. The predicted octanol–water partition coefficient (Wildman–Crippen LogP) is 3.04. The molecule has 1 rings (SSSR count). The zero-order chi connectivity index (χ0) is 12.0. The smallest absolute Gasteiger partial charge is 0.0340 e. The molecule has 3 N–H and O–H groups in total. The lowest BCUT2D eigenvalue weighted by Gasteiger charge is -2.23. The van der Waals surface area contributed by atoms with Crippen LogP contribution in [0, 0.1) is 5.41 Å². The molecule has 0 amide bonds. The normalized spacial score (nSPS) is 11.5. The molecule has 0 fully saturated rings. The van der Waals surface area contributed by atoms with Crippen LogP contribution in [-0.2, 0) is 6.42 Å². The minimum absolute atomic E-state index is 0.155. The van der Waals surface area contributed by atoms with Crippen LogP contribution in [0.15, 0.2) is 24.3 Å². The molecule has 0 aliphatic carbocycles. The van der Waals surface area contributed by atoms with Gasteiger partial charge < -0.3 is 11.1 Å². The minimum atomic E-state index is 0.155. The van der Waals surface area contributed by atoms with Crippen molar-refractivity contribution in [1.82, 2.24) is 0 Å². The van der Waals surface area contributed by atoms with E-state index in [1.165, 1.54) is 17.7 Å². The van der Waals surface area contributed by atoms with Crippen molar-refractivity contribution in [2.24, 2.45) is 11.1 Å². The molecule has 0 spiro atoms. The third-order valence-corrected chi connectivity index (χ3v) is 2.82. The van der Waals surface area contributed by atoms with E-state index in [1.807, 2.05) is 0 Å². The second-order valence-electron chi connectivity index (χ2n) is 5.17. The Labute approximate surface area is 99.2 Å². The lowest BCUT2D eigenvalue weighted by Crippen LogP contribution is -2.31. The molecule has 0 bridgehead atoms. The van der Waals surface area contributed by atoms with Crippen LogP contribution >= 0.6 is 0 Å². The molecule has 0 aliphatic heterocycles. The highest BCUT2D eigenvalue weighted by atomic mass is 14.9. The van der Waals surface area contributed by atoms with E-state index in [2.05, 4.69) is 50.4 Å². The van der Waals surface area contributed by atoms with Crippen LogP contribution in [0.25, 0.3) is 0 Å². The summed E-state index contributed by atoms with van der Waals surface area (Å²) in [5.41, 5.74) is 8.44. The van der Waals surface area contributed by atoms with Gasteiger partial charge in [0.25, 0.3) is 0 Å². The summed E-state index contributed by atoms with van der Waals surface area (Å²) < 4.78 is 0. The maximum atomic E-state index is 5.69. The maximum absolute atomic E-state index is 5.69. The van der Waals surface area contributed by atoms with Crippen LogP contribution in [0.2, 0.25) is 0 Å². The largest absolute Gasteiger partial charge is 0.384 e. The topological polar surface area (TPSA) is 38.0 Å². The Hall–Kier alpha value is -1.02. The SMILES string of the molecule is CCCc1ccc(NCC(C)(C)CN)cc1. The Bertz CT molecular complexity index is 301. The van der Waals surface area contributed by atoms with Crippen molar-refractivity contribution in [2.45, 2.75) is 33.6 Å². The van der Waals surface area contributed by atoms with Gasteiger partial charge in [0, 0.05) is 12.2 Å². The average Bonchev–Trinajstić information content (AvgIpc) is 2.29. The van der Waals surface area contributed by atoms with Gasteiger partial charge in [-0.3, -0.25) is 0 Å². The molecular weight excluding hydrogens is 196 g/mol. The van der Waals surface area contributed by atoms with Gasteiger partial charge >= 0.3 is 0 Å². The third kappa shape index (κ3) is 4.23. The summed E-state index contributed by atoms with van der Waals surface area (Å²) in [5.74, 6) is 0. The zero-order valence-electron chi connectivity index (χ0n) is 10.7. The lowest BCUT2D eigenvalue weighted by atomic mass is 9.94. The van der Waals surface area contributed by atoms with Crippen LogP contribution in [0.1, 0.15) is 32.8 Å². The van der Waals surface area contributed by atoms with Crippen molar-refractivity contribution in [2.75, 3.05) is 18.4 Å². The maximum Gasteiger partial charge on any atom is 0.0340 e. The number of hydrogen-bond donors (Lipinski definition) is 2. The zero-order valence-corrected chi connectivity index (χ0v) is 10.7. The molecule has 0 radical (unpaired) electrons. The second-order valence-corrected chi connectivity index (χ2v) is 5.17. The summed E-state index contributed by atoms with van der Waals surface area (Å²) >= 11 is 0. The summed E-state index contributed by atoms with van der Waals surface area (Å²) in [6, 6.07) is 8.69. The molecule has 0 aromatic heterocycles. The molecule has 0 heterocycles. The monoisotopic (exact) mass is 220 g/mol. The van der Waals surface area contributed by atoms with Crippen molar-refractivity contribution >= 4 is 5.69 Å². The quantitative estimate of drug-likeness (QED) is 0.773. The van der Waals surface area contributed by atoms with Crippen LogP contribution in [-0.4, -0.2) is 13.1 Å². The number of nitrogens with two attached hydrogens (primary N) is 1. The molecule has 0 atom stereocenters. The van der Waals surface area contributed by atoms with Gasteiger partial charge in [0.15, 0.2) is 0 Å². The molecule has 2 nitrogen and oxygen atoms in total. The molecule has 0 aliphatic rings. The fraction of sp³-hybridized carbons (Fsp3) is 0.571. The average molecular weight is 220 g/mol. The van der Waals surface area contributed by atoms with Gasteiger partial charge in [-0.05, 0) is 36.1 Å². The van der Waals surface area contributed by atoms with E-state index in [9.17, 15) is 0 Å². The summed E-state index contributed by atoms with van der Waals surface area (Å²) in [4.78, 5) is 0. The van der Waals surface area contributed by atoms with Gasteiger partial charge in [0.05, 0.1) is 0 Å². The van der Waals surface area contributed by atoms with Crippen molar-refractivity contribution in [3.63, 3.8) is 0 Å². The van der Waals surface area contributed by atoms with Crippen LogP contribution in [0.5, 0.6) is 0 Å². The molecule has 90 valence electrons. The first kappa shape index (κ1) is 13.0. The second kappa shape index (κ2) is 5.90.